The van der Waals surface area contributed by atoms with Gasteiger partial charge in [-0.2, -0.15) is 0 Å². The summed E-state index contributed by atoms with van der Waals surface area (Å²) in [4.78, 5) is 11.8. The summed E-state index contributed by atoms with van der Waals surface area (Å²) in [6, 6.07) is 5.71. The highest BCUT2D eigenvalue weighted by Crippen LogP contribution is 2.15. The summed E-state index contributed by atoms with van der Waals surface area (Å²) in [5.74, 6) is 0.680. The first-order valence-electron chi connectivity index (χ1n) is 5.75. The topological polar surface area (TPSA) is 29.1 Å². The van der Waals surface area contributed by atoms with Crippen LogP contribution >= 0.6 is 27.5 Å². The van der Waals surface area contributed by atoms with Crippen molar-refractivity contribution in [1.82, 2.24) is 5.32 Å². The minimum absolute atomic E-state index is 0.0136. The normalized spacial score (nSPS) is 10.3. The number of benzene rings is 1. The molecule has 1 aromatic carbocycles. The van der Waals surface area contributed by atoms with Crippen LogP contribution in [-0.2, 0) is 0 Å². The lowest BCUT2D eigenvalue weighted by molar-refractivity contribution is 0.0953. The Labute approximate surface area is 116 Å². The fourth-order valence-electron chi connectivity index (χ4n) is 1.57. The van der Waals surface area contributed by atoms with Crippen molar-refractivity contribution < 1.29 is 4.79 Å². The van der Waals surface area contributed by atoms with E-state index in [9.17, 15) is 4.79 Å². The fourth-order valence-corrected chi connectivity index (χ4v) is 2.36. The highest BCUT2D eigenvalue weighted by molar-refractivity contribution is 9.10. The van der Waals surface area contributed by atoms with Gasteiger partial charge in [-0.25, -0.2) is 0 Å². The molecule has 17 heavy (non-hydrogen) atoms. The lowest BCUT2D eigenvalue weighted by Gasteiger charge is -2.06. The van der Waals surface area contributed by atoms with E-state index in [2.05, 4.69) is 21.2 Å². The van der Waals surface area contributed by atoms with Crippen molar-refractivity contribution in [2.45, 2.75) is 26.2 Å². The largest absolute Gasteiger partial charge is 0.352 e. The summed E-state index contributed by atoms with van der Waals surface area (Å²) in [6.45, 7) is 2.68. The molecule has 0 atom stereocenters. The molecule has 0 aromatic heterocycles. The van der Waals surface area contributed by atoms with Crippen molar-refractivity contribution in [3.63, 3.8) is 0 Å². The lowest BCUT2D eigenvalue weighted by Crippen LogP contribution is -2.24. The number of carbonyl (C=O) groups is 1. The first-order valence-corrected chi connectivity index (χ1v) is 7.07. The molecule has 0 bridgehead atoms. The fraction of sp³-hybridized carbons (Fsp3) is 0.462. The number of alkyl halides is 1. The second kappa shape index (κ2) is 7.72. The number of halogens is 2. The Morgan fingerprint density at radius 2 is 2.06 bits per heavy atom. The van der Waals surface area contributed by atoms with Gasteiger partial charge in [-0.05, 0) is 43.5 Å². The molecule has 0 fully saturated rings. The minimum atomic E-state index is -0.0136. The number of aryl methyl sites for hydroxylation is 1. The molecular weight excluding hydrogens is 302 g/mol. The highest BCUT2D eigenvalue weighted by Gasteiger charge is 2.05. The second-order valence-electron chi connectivity index (χ2n) is 4.02. The Hall–Kier alpha value is -0.540. The first kappa shape index (κ1) is 14.5. The molecule has 1 amide bonds. The van der Waals surface area contributed by atoms with Gasteiger partial charge in [0.25, 0.3) is 5.91 Å². The first-order chi connectivity index (χ1) is 8.13. The number of unbranched alkanes of at least 4 members (excludes halogenated alkanes) is 2. The quantitative estimate of drug-likeness (QED) is 0.625. The SMILES string of the molecule is Cc1cc(Br)cc(C(=O)NCCCCCCl)c1. The average Bonchev–Trinajstić information content (AvgIpc) is 2.27. The Morgan fingerprint density at radius 1 is 1.29 bits per heavy atom. The van der Waals surface area contributed by atoms with E-state index in [-0.39, 0.29) is 5.91 Å². The Kier molecular flexibility index (Phi) is 6.60. The average molecular weight is 319 g/mol. The standard InChI is InChI=1S/C13H17BrClNO/c1-10-7-11(9-12(14)8-10)13(17)16-6-4-2-3-5-15/h7-9H,2-6H2,1H3,(H,16,17). The highest BCUT2D eigenvalue weighted by atomic mass is 79.9. The number of hydrogen-bond donors (Lipinski definition) is 1. The summed E-state index contributed by atoms with van der Waals surface area (Å²) in [7, 11) is 0. The number of carbonyl (C=O) groups excluding carboxylic acids is 1. The van der Waals surface area contributed by atoms with Crippen LogP contribution in [0.5, 0.6) is 0 Å². The Bertz CT molecular complexity index is 361. The molecule has 0 aliphatic rings. The summed E-state index contributed by atoms with van der Waals surface area (Å²) < 4.78 is 0.935. The number of hydrogen-bond acceptors (Lipinski definition) is 1. The molecule has 2 nitrogen and oxygen atoms in total. The van der Waals surface area contributed by atoms with E-state index < -0.39 is 0 Å². The van der Waals surface area contributed by atoms with Crippen LogP contribution in [0.4, 0.5) is 0 Å². The van der Waals surface area contributed by atoms with E-state index in [1.165, 1.54) is 0 Å². The molecule has 0 radical (unpaired) electrons. The molecule has 0 unspecified atom stereocenters. The smallest absolute Gasteiger partial charge is 0.251 e. The maximum Gasteiger partial charge on any atom is 0.251 e. The van der Waals surface area contributed by atoms with Gasteiger partial charge >= 0.3 is 0 Å². The molecule has 0 saturated carbocycles. The summed E-state index contributed by atoms with van der Waals surface area (Å²) >= 11 is 8.97. The van der Waals surface area contributed by atoms with Crippen molar-refractivity contribution in [3.05, 3.63) is 33.8 Å². The Morgan fingerprint density at radius 3 is 2.71 bits per heavy atom. The van der Waals surface area contributed by atoms with Crippen LogP contribution in [-0.4, -0.2) is 18.3 Å². The van der Waals surface area contributed by atoms with Crippen molar-refractivity contribution >= 4 is 33.4 Å². The van der Waals surface area contributed by atoms with Crippen LogP contribution in [0.25, 0.3) is 0 Å². The molecule has 0 aliphatic carbocycles. The van der Waals surface area contributed by atoms with Gasteiger partial charge < -0.3 is 5.32 Å². The predicted molar refractivity (Wildman–Crippen MR) is 75.8 cm³/mol. The van der Waals surface area contributed by atoms with Gasteiger partial charge in [0, 0.05) is 22.5 Å². The zero-order chi connectivity index (χ0) is 12.7. The summed E-state index contributed by atoms with van der Waals surface area (Å²) in [6.07, 6.45) is 3.04. The number of rotatable bonds is 6. The van der Waals surface area contributed by atoms with Crippen LogP contribution < -0.4 is 5.32 Å². The number of amides is 1. The third kappa shape index (κ3) is 5.55. The van der Waals surface area contributed by atoms with Crippen LogP contribution in [0.15, 0.2) is 22.7 Å². The summed E-state index contributed by atoms with van der Waals surface area (Å²) in [5.41, 5.74) is 1.78. The van der Waals surface area contributed by atoms with E-state index in [0.29, 0.717) is 18.0 Å². The Balaban J connectivity index is 2.41. The van der Waals surface area contributed by atoms with Gasteiger partial charge in [0.05, 0.1) is 0 Å². The van der Waals surface area contributed by atoms with Crippen LogP contribution in [0.2, 0.25) is 0 Å². The van der Waals surface area contributed by atoms with E-state index in [0.717, 1.165) is 29.3 Å². The molecule has 0 saturated heterocycles. The van der Waals surface area contributed by atoms with Gasteiger partial charge in [0.15, 0.2) is 0 Å². The van der Waals surface area contributed by atoms with Crippen molar-refractivity contribution in [2.75, 3.05) is 12.4 Å². The maximum atomic E-state index is 11.8. The molecular formula is C13H17BrClNO. The van der Waals surface area contributed by atoms with Gasteiger partial charge in [-0.3, -0.25) is 4.79 Å². The zero-order valence-electron chi connectivity index (χ0n) is 9.93. The van der Waals surface area contributed by atoms with Gasteiger partial charge in [0.2, 0.25) is 0 Å². The van der Waals surface area contributed by atoms with E-state index >= 15 is 0 Å². The molecule has 94 valence electrons. The minimum Gasteiger partial charge on any atom is -0.352 e. The predicted octanol–water partition coefficient (Wildman–Crippen LogP) is 3.90. The van der Waals surface area contributed by atoms with E-state index in [1.54, 1.807) is 0 Å². The van der Waals surface area contributed by atoms with Crippen LogP contribution in [0, 0.1) is 6.92 Å². The monoisotopic (exact) mass is 317 g/mol. The zero-order valence-corrected chi connectivity index (χ0v) is 12.3. The van der Waals surface area contributed by atoms with E-state index in [4.69, 9.17) is 11.6 Å². The van der Waals surface area contributed by atoms with Crippen LogP contribution in [0.3, 0.4) is 0 Å². The second-order valence-corrected chi connectivity index (χ2v) is 5.32. The lowest BCUT2D eigenvalue weighted by atomic mass is 10.1. The van der Waals surface area contributed by atoms with E-state index in [1.807, 2.05) is 25.1 Å². The summed E-state index contributed by atoms with van der Waals surface area (Å²) in [5, 5.41) is 2.91. The molecule has 1 aromatic rings. The van der Waals surface area contributed by atoms with Gasteiger partial charge in [0.1, 0.15) is 0 Å². The van der Waals surface area contributed by atoms with Crippen molar-refractivity contribution in [2.24, 2.45) is 0 Å². The maximum absolute atomic E-state index is 11.8. The third-order valence-electron chi connectivity index (χ3n) is 2.40. The molecule has 0 aliphatic heterocycles. The number of nitrogens with one attached hydrogen (secondary N) is 1. The molecule has 0 spiro atoms. The molecule has 1 N–H and O–H groups in total. The molecule has 0 heterocycles. The van der Waals surface area contributed by atoms with Crippen molar-refractivity contribution in [1.29, 1.82) is 0 Å². The van der Waals surface area contributed by atoms with Crippen molar-refractivity contribution in [3.8, 4) is 0 Å². The third-order valence-corrected chi connectivity index (χ3v) is 3.13. The molecule has 4 heteroatoms. The van der Waals surface area contributed by atoms with Gasteiger partial charge in [-0.15, -0.1) is 11.6 Å². The van der Waals surface area contributed by atoms with Gasteiger partial charge in [-0.1, -0.05) is 22.4 Å². The van der Waals surface area contributed by atoms with Crippen LogP contribution in [0.1, 0.15) is 35.2 Å². The molecule has 1 rings (SSSR count).